The van der Waals surface area contributed by atoms with E-state index in [1.54, 1.807) is 19.2 Å². The van der Waals surface area contributed by atoms with E-state index in [1.807, 2.05) is 0 Å². The number of likely N-dealkylation sites (tertiary alicyclic amines) is 1. The maximum atomic E-state index is 12.4. The third-order valence-electron chi connectivity index (χ3n) is 4.94. The van der Waals surface area contributed by atoms with Crippen molar-refractivity contribution in [3.8, 4) is 5.75 Å². The highest BCUT2D eigenvalue weighted by Gasteiger charge is 2.32. The number of alkyl halides is 3. The van der Waals surface area contributed by atoms with E-state index in [4.69, 9.17) is 0 Å². The Hall–Kier alpha value is -1.63. The normalized spacial score (nSPS) is 20.4. The molecule has 0 spiro atoms. The summed E-state index contributed by atoms with van der Waals surface area (Å²) in [5.41, 5.74) is 1.29. The number of benzene rings is 1. The Morgan fingerprint density at radius 3 is 2.33 bits per heavy atom. The van der Waals surface area contributed by atoms with Gasteiger partial charge in [0.15, 0.2) is 5.75 Å². The van der Waals surface area contributed by atoms with Crippen LogP contribution in [0.25, 0.3) is 0 Å². The van der Waals surface area contributed by atoms with Gasteiger partial charge in [-0.25, -0.2) is 0 Å². The second-order valence-electron chi connectivity index (χ2n) is 6.44. The van der Waals surface area contributed by atoms with E-state index in [1.165, 1.54) is 32.0 Å². The number of halogens is 3. The molecule has 0 bridgehead atoms. The number of nitrogens with zero attached hydrogens (tertiary/aromatic N) is 2. The Labute approximate surface area is 140 Å². The number of piperidine rings is 1. The van der Waals surface area contributed by atoms with Crippen LogP contribution >= 0.6 is 0 Å². The molecule has 2 heterocycles. The van der Waals surface area contributed by atoms with Gasteiger partial charge in [0.25, 0.3) is 0 Å². The molecule has 2 fully saturated rings. The summed E-state index contributed by atoms with van der Waals surface area (Å²) in [6, 6.07) is 5.48. The summed E-state index contributed by atoms with van der Waals surface area (Å²) in [4.78, 5) is 4.82. The number of hydrogen-bond donors (Lipinski definition) is 1. The summed E-state index contributed by atoms with van der Waals surface area (Å²) in [6.07, 6.45) is 0.130. The first kappa shape index (κ1) is 17.2. The van der Waals surface area contributed by atoms with Crippen molar-refractivity contribution in [2.45, 2.75) is 38.1 Å². The second kappa shape index (κ2) is 7.09. The molecule has 2 aliphatic heterocycles. The summed E-state index contributed by atoms with van der Waals surface area (Å²) >= 11 is 0. The Kier molecular flexibility index (Phi) is 5.08. The monoisotopic (exact) mass is 343 g/mol. The molecule has 1 aromatic carbocycles. The van der Waals surface area contributed by atoms with Gasteiger partial charge < -0.3 is 19.9 Å². The molecule has 0 radical (unpaired) electrons. The fourth-order valence-corrected chi connectivity index (χ4v) is 3.72. The molecule has 2 aliphatic rings. The zero-order valence-corrected chi connectivity index (χ0v) is 13.9. The topological polar surface area (TPSA) is 27.7 Å². The summed E-state index contributed by atoms with van der Waals surface area (Å²) in [6.45, 7) is 4.28. The molecule has 7 heteroatoms. The first-order chi connectivity index (χ1) is 11.5. The van der Waals surface area contributed by atoms with Crippen molar-refractivity contribution in [2.75, 3.05) is 43.4 Å². The third-order valence-corrected chi connectivity index (χ3v) is 4.94. The molecule has 134 valence electrons. The first-order valence-corrected chi connectivity index (χ1v) is 8.53. The van der Waals surface area contributed by atoms with Gasteiger partial charge >= 0.3 is 6.36 Å². The van der Waals surface area contributed by atoms with Crippen molar-refractivity contribution in [1.29, 1.82) is 0 Å². The minimum atomic E-state index is -4.68. The zero-order valence-electron chi connectivity index (χ0n) is 13.9. The smallest absolute Gasteiger partial charge is 0.404 e. The van der Waals surface area contributed by atoms with Gasteiger partial charge in [0.05, 0.1) is 5.69 Å². The highest BCUT2D eigenvalue weighted by atomic mass is 19.4. The van der Waals surface area contributed by atoms with Crippen molar-refractivity contribution in [3.63, 3.8) is 0 Å². The number of hydrogen-bond acceptors (Lipinski definition) is 4. The molecule has 2 saturated heterocycles. The quantitative estimate of drug-likeness (QED) is 0.902. The van der Waals surface area contributed by atoms with Crippen LogP contribution in [0.3, 0.4) is 0 Å². The minimum absolute atomic E-state index is 0.194. The van der Waals surface area contributed by atoms with Gasteiger partial charge in [-0.3, -0.25) is 0 Å². The molecule has 1 N–H and O–H groups in total. The van der Waals surface area contributed by atoms with Gasteiger partial charge in [0, 0.05) is 31.9 Å². The molecular formula is C17H24F3N3O. The van der Waals surface area contributed by atoms with Gasteiger partial charge in [-0.1, -0.05) is 0 Å². The molecule has 0 atom stereocenters. The van der Waals surface area contributed by atoms with E-state index < -0.39 is 6.36 Å². The summed E-state index contributed by atoms with van der Waals surface area (Å²) in [5.74, 6) is -0.194. The molecule has 0 saturated carbocycles. The van der Waals surface area contributed by atoms with Gasteiger partial charge in [-0.05, 0) is 57.0 Å². The van der Waals surface area contributed by atoms with Crippen LogP contribution < -0.4 is 15.0 Å². The van der Waals surface area contributed by atoms with Gasteiger partial charge in [-0.15, -0.1) is 13.2 Å². The van der Waals surface area contributed by atoms with Crippen LogP contribution in [-0.2, 0) is 0 Å². The molecule has 24 heavy (non-hydrogen) atoms. The highest BCUT2D eigenvalue weighted by Crippen LogP contribution is 2.34. The fraction of sp³-hybridized carbons (Fsp3) is 0.647. The van der Waals surface area contributed by atoms with Gasteiger partial charge in [0.1, 0.15) is 0 Å². The standard InChI is InChI=1S/C17H24F3N3O/c1-21-15-12-14(4-5-16(15)24-17(18,19)20)23-10-6-13(7-11-23)22-8-2-3-9-22/h4-5,12-13,21H,2-3,6-11H2,1H3. The lowest BCUT2D eigenvalue weighted by molar-refractivity contribution is -0.274. The zero-order chi connectivity index (χ0) is 17.2. The Morgan fingerprint density at radius 1 is 1.08 bits per heavy atom. The molecule has 3 rings (SSSR count). The summed E-state index contributed by atoms with van der Waals surface area (Å²) in [7, 11) is 1.60. The molecule has 4 nitrogen and oxygen atoms in total. The van der Waals surface area contributed by atoms with E-state index in [9.17, 15) is 13.2 Å². The van der Waals surface area contributed by atoms with Gasteiger partial charge in [0.2, 0.25) is 0 Å². The van der Waals surface area contributed by atoms with Crippen molar-refractivity contribution >= 4 is 11.4 Å². The Bertz CT molecular complexity index is 551. The largest absolute Gasteiger partial charge is 0.573 e. The maximum absolute atomic E-state index is 12.4. The fourth-order valence-electron chi connectivity index (χ4n) is 3.72. The van der Waals surface area contributed by atoms with E-state index in [2.05, 4.69) is 19.9 Å². The van der Waals surface area contributed by atoms with E-state index in [-0.39, 0.29) is 5.75 Å². The lowest BCUT2D eigenvalue weighted by atomic mass is 10.0. The SMILES string of the molecule is CNc1cc(N2CCC(N3CCCC3)CC2)ccc1OC(F)(F)F. The van der Waals surface area contributed by atoms with Crippen molar-refractivity contribution < 1.29 is 17.9 Å². The molecule has 0 amide bonds. The van der Waals surface area contributed by atoms with Crippen molar-refractivity contribution in [3.05, 3.63) is 18.2 Å². The van der Waals surface area contributed by atoms with Crippen LogP contribution in [0.4, 0.5) is 24.5 Å². The van der Waals surface area contributed by atoms with Crippen LogP contribution in [0.2, 0.25) is 0 Å². The summed E-state index contributed by atoms with van der Waals surface area (Å²) in [5, 5.41) is 2.79. The lowest BCUT2D eigenvalue weighted by Gasteiger charge is -2.38. The number of nitrogens with one attached hydrogen (secondary N) is 1. The van der Waals surface area contributed by atoms with Crippen LogP contribution in [0.1, 0.15) is 25.7 Å². The Morgan fingerprint density at radius 2 is 1.75 bits per heavy atom. The maximum Gasteiger partial charge on any atom is 0.573 e. The molecule has 0 aromatic heterocycles. The van der Waals surface area contributed by atoms with E-state index >= 15 is 0 Å². The van der Waals surface area contributed by atoms with E-state index in [0.717, 1.165) is 31.6 Å². The van der Waals surface area contributed by atoms with Crippen molar-refractivity contribution in [2.24, 2.45) is 0 Å². The predicted octanol–water partition coefficient (Wildman–Crippen LogP) is 3.69. The number of rotatable bonds is 4. The average Bonchev–Trinajstić information content (AvgIpc) is 3.08. The molecule has 1 aromatic rings. The average molecular weight is 343 g/mol. The first-order valence-electron chi connectivity index (χ1n) is 8.53. The third kappa shape index (κ3) is 4.06. The number of ether oxygens (including phenoxy) is 1. The van der Waals surface area contributed by atoms with Crippen LogP contribution in [0, 0.1) is 0 Å². The molecular weight excluding hydrogens is 319 g/mol. The number of anilines is 2. The molecule has 0 aliphatic carbocycles. The molecule has 0 unspecified atom stereocenters. The highest BCUT2D eigenvalue weighted by molar-refractivity contribution is 5.65. The Balaban J connectivity index is 1.65. The van der Waals surface area contributed by atoms with Crippen LogP contribution in [0.15, 0.2) is 18.2 Å². The summed E-state index contributed by atoms with van der Waals surface area (Å²) < 4.78 is 41.4. The van der Waals surface area contributed by atoms with Gasteiger partial charge in [-0.2, -0.15) is 0 Å². The lowest BCUT2D eigenvalue weighted by Crippen LogP contribution is -2.43. The van der Waals surface area contributed by atoms with E-state index in [0.29, 0.717) is 11.7 Å². The predicted molar refractivity (Wildman–Crippen MR) is 88.7 cm³/mol. The van der Waals surface area contributed by atoms with Crippen LogP contribution in [-0.4, -0.2) is 50.5 Å². The van der Waals surface area contributed by atoms with Crippen molar-refractivity contribution in [1.82, 2.24) is 4.90 Å². The minimum Gasteiger partial charge on any atom is -0.404 e. The second-order valence-corrected chi connectivity index (χ2v) is 6.44. The van der Waals surface area contributed by atoms with Crippen LogP contribution in [0.5, 0.6) is 5.75 Å².